The van der Waals surface area contributed by atoms with Gasteiger partial charge in [0.1, 0.15) is 10.8 Å². The number of anilines is 1. The number of halogens is 1. The number of ether oxygens (including phenoxy) is 1. The van der Waals surface area contributed by atoms with Crippen molar-refractivity contribution in [3.8, 4) is 0 Å². The maximum atomic E-state index is 12.2. The van der Waals surface area contributed by atoms with Gasteiger partial charge in [-0.05, 0) is 39.3 Å². The summed E-state index contributed by atoms with van der Waals surface area (Å²) in [5.41, 5.74) is 0.316. The average Bonchev–Trinajstić information content (AvgIpc) is 2.86. The van der Waals surface area contributed by atoms with Crippen LogP contribution in [0.1, 0.15) is 27.2 Å². The van der Waals surface area contributed by atoms with Crippen LogP contribution in [0, 0.1) is 0 Å². The van der Waals surface area contributed by atoms with Crippen LogP contribution in [-0.4, -0.2) is 56.9 Å². The molecule has 1 aliphatic heterocycles. The summed E-state index contributed by atoms with van der Waals surface area (Å²) in [7, 11) is 0. The lowest BCUT2D eigenvalue weighted by Gasteiger charge is -2.36. The minimum atomic E-state index is -0.657. The molecule has 1 aliphatic rings. The molecule has 8 nitrogen and oxygen atoms in total. The number of nitrogens with one attached hydrogen (secondary N) is 1. The molecule has 2 aromatic rings. The van der Waals surface area contributed by atoms with Crippen LogP contribution in [0.4, 0.5) is 10.8 Å². The highest BCUT2D eigenvalue weighted by atomic mass is 35.5. The quantitative estimate of drug-likeness (QED) is 0.786. The summed E-state index contributed by atoms with van der Waals surface area (Å²) >= 11 is 5.84. The summed E-state index contributed by atoms with van der Waals surface area (Å²) in [6.45, 7) is 6.02. The van der Waals surface area contributed by atoms with E-state index in [-0.39, 0.29) is 18.6 Å². The number of piperidine rings is 1. The second kappa shape index (κ2) is 6.68. The monoisotopic (exact) mass is 368 g/mol. The summed E-state index contributed by atoms with van der Waals surface area (Å²) in [6, 6.07) is 3.35. The van der Waals surface area contributed by atoms with E-state index in [4.69, 9.17) is 20.8 Å². The van der Waals surface area contributed by atoms with Crippen molar-refractivity contribution in [2.75, 3.05) is 18.4 Å². The Morgan fingerprint density at radius 1 is 1.40 bits per heavy atom. The lowest BCUT2D eigenvalue weighted by Crippen LogP contribution is -2.52. The first-order valence-corrected chi connectivity index (χ1v) is 8.43. The first kappa shape index (κ1) is 17.8. The molecule has 1 amide bonds. The number of β-amino-alcohol motifs (C(OH)–C–C–N with tert-alkyl or cyclic N) is 1. The number of hydrogen-bond donors (Lipinski definition) is 2. The number of carbonyl (C=O) groups excluding carboxylic acids is 1. The Labute approximate surface area is 150 Å². The van der Waals surface area contributed by atoms with Crippen LogP contribution in [0.2, 0.25) is 5.15 Å². The van der Waals surface area contributed by atoms with Gasteiger partial charge in [-0.3, -0.25) is 0 Å². The van der Waals surface area contributed by atoms with Gasteiger partial charge in [0.25, 0.3) is 6.01 Å². The van der Waals surface area contributed by atoms with Gasteiger partial charge in [-0.1, -0.05) is 11.6 Å². The van der Waals surface area contributed by atoms with Crippen molar-refractivity contribution in [1.29, 1.82) is 0 Å². The summed E-state index contributed by atoms with van der Waals surface area (Å²) in [4.78, 5) is 22.0. The number of hydrogen-bond acceptors (Lipinski definition) is 7. The summed E-state index contributed by atoms with van der Waals surface area (Å²) in [5.74, 6) is 0. The Hall–Kier alpha value is -2.06. The maximum Gasteiger partial charge on any atom is 0.410 e. The molecule has 3 heterocycles. The van der Waals surface area contributed by atoms with E-state index in [0.29, 0.717) is 29.3 Å². The van der Waals surface area contributed by atoms with Crippen LogP contribution < -0.4 is 5.32 Å². The van der Waals surface area contributed by atoms with Crippen LogP contribution in [0.15, 0.2) is 16.5 Å². The van der Waals surface area contributed by atoms with Crippen LogP contribution in [0.5, 0.6) is 0 Å². The fourth-order valence-electron chi connectivity index (χ4n) is 2.68. The van der Waals surface area contributed by atoms with Gasteiger partial charge >= 0.3 is 6.09 Å². The Bertz CT molecular complexity index is 773. The van der Waals surface area contributed by atoms with E-state index in [9.17, 15) is 9.90 Å². The van der Waals surface area contributed by atoms with Crippen molar-refractivity contribution >= 4 is 34.9 Å². The Morgan fingerprint density at radius 3 is 2.88 bits per heavy atom. The molecule has 0 bridgehead atoms. The molecule has 2 atom stereocenters. The van der Waals surface area contributed by atoms with Gasteiger partial charge in [0, 0.05) is 6.54 Å². The number of carbonyl (C=O) groups is 1. The number of aliphatic hydroxyl groups is 1. The van der Waals surface area contributed by atoms with Gasteiger partial charge in [-0.15, -0.1) is 0 Å². The molecular formula is C16H21ClN4O4. The van der Waals surface area contributed by atoms with Crippen molar-refractivity contribution in [2.45, 2.75) is 44.9 Å². The molecule has 0 aliphatic carbocycles. The Balaban J connectivity index is 1.69. The van der Waals surface area contributed by atoms with Crippen LogP contribution >= 0.6 is 11.6 Å². The minimum absolute atomic E-state index is 0.222. The highest BCUT2D eigenvalue weighted by molar-refractivity contribution is 6.29. The number of nitrogens with zero attached hydrogens (tertiary/aromatic N) is 3. The summed E-state index contributed by atoms with van der Waals surface area (Å²) < 4.78 is 10.9. The molecule has 0 aromatic carbocycles. The van der Waals surface area contributed by atoms with E-state index in [2.05, 4.69) is 15.3 Å². The van der Waals surface area contributed by atoms with Gasteiger partial charge in [0.05, 0.1) is 18.7 Å². The van der Waals surface area contributed by atoms with Crippen molar-refractivity contribution < 1.29 is 19.1 Å². The zero-order valence-corrected chi connectivity index (χ0v) is 15.1. The lowest BCUT2D eigenvalue weighted by molar-refractivity contribution is 0.00167. The summed E-state index contributed by atoms with van der Waals surface area (Å²) in [6.07, 6.45) is -0.647. The van der Waals surface area contributed by atoms with Crippen molar-refractivity contribution in [1.82, 2.24) is 14.9 Å². The first-order valence-electron chi connectivity index (χ1n) is 8.05. The molecule has 2 aromatic heterocycles. The number of oxazole rings is 1. The molecule has 2 N–H and O–H groups in total. The second-order valence-electron chi connectivity index (χ2n) is 7.09. The van der Waals surface area contributed by atoms with Crippen LogP contribution in [0.25, 0.3) is 11.2 Å². The zero-order chi connectivity index (χ0) is 18.2. The van der Waals surface area contributed by atoms with E-state index in [1.807, 2.05) is 0 Å². The third-order valence-corrected chi connectivity index (χ3v) is 3.84. The Kier molecular flexibility index (Phi) is 4.75. The average molecular weight is 369 g/mol. The fourth-order valence-corrected chi connectivity index (χ4v) is 2.83. The maximum absolute atomic E-state index is 12.2. The Morgan fingerprint density at radius 2 is 2.16 bits per heavy atom. The number of rotatable bonds is 2. The molecule has 1 fully saturated rings. The van der Waals surface area contributed by atoms with Crippen molar-refractivity contribution in [3.63, 3.8) is 0 Å². The number of aliphatic hydroxyl groups excluding tert-OH is 1. The predicted molar refractivity (Wildman–Crippen MR) is 92.7 cm³/mol. The fraction of sp³-hybridized carbons (Fsp3) is 0.562. The highest BCUT2D eigenvalue weighted by Crippen LogP contribution is 2.22. The van der Waals surface area contributed by atoms with Gasteiger partial charge in [-0.25, -0.2) is 9.78 Å². The number of aromatic nitrogens is 2. The molecule has 0 saturated carbocycles. The predicted octanol–water partition coefficient (Wildman–Crippen LogP) is 2.66. The van der Waals surface area contributed by atoms with Gasteiger partial charge < -0.3 is 24.5 Å². The second-order valence-corrected chi connectivity index (χ2v) is 7.48. The molecular weight excluding hydrogens is 348 g/mol. The smallest absolute Gasteiger partial charge is 0.410 e. The van der Waals surface area contributed by atoms with Gasteiger partial charge in [0.15, 0.2) is 5.58 Å². The molecule has 0 radical (unpaired) electrons. The van der Waals surface area contributed by atoms with E-state index in [1.54, 1.807) is 32.9 Å². The number of amides is 1. The van der Waals surface area contributed by atoms with E-state index in [1.165, 1.54) is 4.90 Å². The van der Waals surface area contributed by atoms with Crippen molar-refractivity contribution in [2.24, 2.45) is 0 Å². The zero-order valence-electron chi connectivity index (χ0n) is 14.3. The highest BCUT2D eigenvalue weighted by Gasteiger charge is 2.32. The molecule has 0 unspecified atom stereocenters. The van der Waals surface area contributed by atoms with Gasteiger partial charge in [0.2, 0.25) is 5.65 Å². The summed E-state index contributed by atoms with van der Waals surface area (Å²) in [5, 5.41) is 13.5. The van der Waals surface area contributed by atoms with E-state index in [0.717, 1.165) is 0 Å². The first-order chi connectivity index (χ1) is 11.7. The standard InChI is InChI=1S/C16H21ClN4O4/c1-16(2,3)25-15(23)21-7-9(6-10(22)8-21)18-14-20-13-11(24-14)4-5-12(17)19-13/h4-5,9-10,22H,6-8H2,1-3H3,(H,18,19,20)/t9-,10+/m1/s1. The normalized spacial score (nSPS) is 21.4. The lowest BCUT2D eigenvalue weighted by atomic mass is 10.0. The third kappa shape index (κ3) is 4.52. The van der Waals surface area contributed by atoms with Crippen LogP contribution in [-0.2, 0) is 4.74 Å². The topological polar surface area (TPSA) is 101 Å². The number of pyridine rings is 1. The minimum Gasteiger partial charge on any atom is -0.444 e. The molecule has 25 heavy (non-hydrogen) atoms. The van der Waals surface area contributed by atoms with Gasteiger partial charge in [-0.2, -0.15) is 4.98 Å². The number of fused-ring (bicyclic) bond motifs is 1. The van der Waals surface area contributed by atoms with E-state index < -0.39 is 17.8 Å². The molecule has 1 saturated heterocycles. The third-order valence-electron chi connectivity index (χ3n) is 3.63. The van der Waals surface area contributed by atoms with Crippen molar-refractivity contribution in [3.05, 3.63) is 17.3 Å². The van der Waals surface area contributed by atoms with E-state index >= 15 is 0 Å². The largest absolute Gasteiger partial charge is 0.444 e. The molecule has 3 rings (SSSR count). The van der Waals surface area contributed by atoms with Crippen LogP contribution in [0.3, 0.4) is 0 Å². The molecule has 9 heteroatoms. The SMILES string of the molecule is CC(C)(C)OC(=O)N1C[C@@H](O)C[C@@H](Nc2nc3nc(Cl)ccc3o2)C1. The number of likely N-dealkylation sites (tertiary alicyclic amines) is 1. The molecule has 136 valence electrons. The molecule has 0 spiro atoms.